The van der Waals surface area contributed by atoms with Crippen LogP contribution in [0.1, 0.15) is 45.6 Å². The number of ether oxygens (including phenoxy) is 2. The summed E-state index contributed by atoms with van der Waals surface area (Å²) in [6.07, 6.45) is 3.88. The quantitative estimate of drug-likeness (QED) is 0.432. The number of halogens is 1. The Bertz CT molecular complexity index is 664. The first-order valence-corrected chi connectivity index (χ1v) is 13.1. The fourth-order valence-electron chi connectivity index (χ4n) is 3.87. The van der Waals surface area contributed by atoms with Crippen LogP contribution in [0.2, 0.25) is 18.1 Å². The highest BCUT2D eigenvalue weighted by Gasteiger charge is 2.50. The fraction of sp³-hybridized carbons (Fsp3) is 0.619. The van der Waals surface area contributed by atoms with E-state index in [2.05, 4.69) is 81.0 Å². The molecule has 4 atom stereocenters. The predicted octanol–water partition coefficient (Wildman–Crippen LogP) is 5.93. The van der Waals surface area contributed by atoms with E-state index in [4.69, 9.17) is 9.47 Å². The highest BCUT2D eigenvalue weighted by Crippen LogP contribution is 2.54. The molecule has 0 N–H and O–H groups in total. The Labute approximate surface area is 162 Å². The Balaban J connectivity index is 1.84. The molecule has 3 rings (SSSR count). The van der Waals surface area contributed by atoms with E-state index in [0.29, 0.717) is 16.9 Å². The van der Waals surface area contributed by atoms with Gasteiger partial charge in [-0.1, -0.05) is 50.7 Å². The van der Waals surface area contributed by atoms with Crippen LogP contribution in [0.15, 0.2) is 34.3 Å². The SMILES string of the molecule is CC(C)=CC1C(OCC(C)(C)[SiH](C)C)CC2Oc3c(Br)cccc3C21. The van der Waals surface area contributed by atoms with E-state index in [-0.39, 0.29) is 12.2 Å². The van der Waals surface area contributed by atoms with Gasteiger partial charge in [0, 0.05) is 39.2 Å². The van der Waals surface area contributed by atoms with Gasteiger partial charge in [0.15, 0.2) is 0 Å². The van der Waals surface area contributed by atoms with E-state index < -0.39 is 8.80 Å². The third-order valence-electron chi connectivity index (χ3n) is 6.09. The van der Waals surface area contributed by atoms with Crippen molar-refractivity contribution in [1.82, 2.24) is 0 Å². The molecule has 4 heteroatoms. The van der Waals surface area contributed by atoms with Crippen LogP contribution in [0.4, 0.5) is 0 Å². The normalized spacial score (nSPS) is 27.8. The zero-order valence-corrected chi connectivity index (χ0v) is 19.0. The van der Waals surface area contributed by atoms with Crippen molar-refractivity contribution < 1.29 is 9.47 Å². The molecule has 2 aliphatic rings. The van der Waals surface area contributed by atoms with Gasteiger partial charge in [-0.15, -0.1) is 0 Å². The monoisotopic (exact) mass is 422 g/mol. The van der Waals surface area contributed by atoms with Crippen molar-refractivity contribution >= 4 is 24.7 Å². The number of rotatable bonds is 5. The molecule has 0 radical (unpaired) electrons. The maximum Gasteiger partial charge on any atom is 0.137 e. The molecule has 1 heterocycles. The number of para-hydroxylation sites is 1. The molecule has 4 unspecified atom stereocenters. The van der Waals surface area contributed by atoms with Crippen molar-refractivity contribution in [1.29, 1.82) is 0 Å². The lowest BCUT2D eigenvalue weighted by Gasteiger charge is -2.31. The molecule has 1 aliphatic heterocycles. The standard InChI is InChI=1S/C21H31BrO2Si/c1-13(2)10-15-17(23-12-21(3,4)25(5)6)11-18-19(15)14-8-7-9-16(22)20(14)24-18/h7-10,15,17-19,25H,11-12H2,1-6H3. The van der Waals surface area contributed by atoms with Crippen LogP contribution in [0.25, 0.3) is 0 Å². The Morgan fingerprint density at radius 3 is 2.72 bits per heavy atom. The Hall–Kier alpha value is -0.583. The summed E-state index contributed by atoms with van der Waals surface area (Å²) >= 11 is 3.65. The van der Waals surface area contributed by atoms with Gasteiger partial charge >= 0.3 is 0 Å². The van der Waals surface area contributed by atoms with Crippen LogP contribution >= 0.6 is 15.9 Å². The summed E-state index contributed by atoms with van der Waals surface area (Å²) in [6.45, 7) is 14.8. The van der Waals surface area contributed by atoms with Crippen molar-refractivity contribution in [2.75, 3.05) is 6.61 Å². The van der Waals surface area contributed by atoms with Crippen molar-refractivity contribution in [3.05, 3.63) is 39.9 Å². The van der Waals surface area contributed by atoms with Crippen LogP contribution < -0.4 is 4.74 Å². The maximum absolute atomic E-state index is 6.52. The molecule has 1 fully saturated rings. The third-order valence-corrected chi connectivity index (χ3v) is 10.0. The molecule has 0 spiro atoms. The summed E-state index contributed by atoms with van der Waals surface area (Å²) in [6, 6.07) is 6.42. The highest BCUT2D eigenvalue weighted by molar-refractivity contribution is 9.10. The van der Waals surface area contributed by atoms with Gasteiger partial charge in [-0.25, -0.2) is 0 Å². The lowest BCUT2D eigenvalue weighted by Crippen LogP contribution is -2.30. The van der Waals surface area contributed by atoms with E-state index in [1.165, 1.54) is 11.1 Å². The molecular weight excluding hydrogens is 392 g/mol. The van der Waals surface area contributed by atoms with Gasteiger partial charge in [0.05, 0.1) is 10.6 Å². The molecule has 0 aromatic heterocycles. The molecule has 138 valence electrons. The Morgan fingerprint density at radius 2 is 2.08 bits per heavy atom. The molecule has 1 saturated carbocycles. The van der Waals surface area contributed by atoms with E-state index >= 15 is 0 Å². The van der Waals surface area contributed by atoms with Crippen LogP contribution in [0.5, 0.6) is 5.75 Å². The molecule has 0 saturated heterocycles. The number of allylic oxidation sites excluding steroid dienone is 1. The van der Waals surface area contributed by atoms with Crippen LogP contribution in [-0.2, 0) is 4.74 Å². The van der Waals surface area contributed by atoms with E-state index in [0.717, 1.165) is 23.2 Å². The van der Waals surface area contributed by atoms with Gasteiger partial charge in [-0.05, 0) is 40.9 Å². The molecular formula is C21H31BrO2Si. The summed E-state index contributed by atoms with van der Waals surface area (Å²) in [5.41, 5.74) is 2.70. The molecule has 0 amide bonds. The second-order valence-corrected chi connectivity index (χ2v) is 13.6. The second kappa shape index (κ2) is 7.20. The second-order valence-electron chi connectivity index (χ2n) is 8.89. The summed E-state index contributed by atoms with van der Waals surface area (Å²) in [7, 11) is -0.753. The number of hydrogen-bond donors (Lipinski definition) is 0. The average Bonchev–Trinajstić information content (AvgIpc) is 3.03. The van der Waals surface area contributed by atoms with Gasteiger partial charge < -0.3 is 9.47 Å². The van der Waals surface area contributed by atoms with E-state index in [1.54, 1.807) is 0 Å². The van der Waals surface area contributed by atoms with Crippen LogP contribution in [0.3, 0.4) is 0 Å². The first-order valence-electron chi connectivity index (χ1n) is 9.42. The maximum atomic E-state index is 6.52. The summed E-state index contributed by atoms with van der Waals surface area (Å²) in [5.74, 6) is 1.85. The molecule has 2 nitrogen and oxygen atoms in total. The van der Waals surface area contributed by atoms with Gasteiger partial charge in [0.1, 0.15) is 11.9 Å². The third kappa shape index (κ3) is 3.76. The number of fused-ring (bicyclic) bond motifs is 3. The van der Waals surface area contributed by atoms with E-state index in [1.807, 2.05) is 0 Å². The van der Waals surface area contributed by atoms with Gasteiger partial charge in [0.2, 0.25) is 0 Å². The van der Waals surface area contributed by atoms with Crippen molar-refractivity contribution in [2.24, 2.45) is 5.92 Å². The van der Waals surface area contributed by atoms with Crippen molar-refractivity contribution in [2.45, 2.75) is 70.4 Å². The lowest BCUT2D eigenvalue weighted by atomic mass is 9.87. The van der Waals surface area contributed by atoms with Crippen LogP contribution in [-0.4, -0.2) is 27.6 Å². The minimum Gasteiger partial charge on any atom is -0.488 e. The molecule has 1 aliphatic carbocycles. The van der Waals surface area contributed by atoms with Gasteiger partial charge in [0.25, 0.3) is 0 Å². The Morgan fingerprint density at radius 1 is 1.36 bits per heavy atom. The fourth-order valence-corrected chi connectivity index (χ4v) is 4.77. The molecule has 1 aromatic carbocycles. The summed E-state index contributed by atoms with van der Waals surface area (Å²) in [4.78, 5) is 0. The number of hydrogen-bond acceptors (Lipinski definition) is 2. The first-order chi connectivity index (χ1) is 11.7. The number of benzene rings is 1. The molecule has 25 heavy (non-hydrogen) atoms. The van der Waals surface area contributed by atoms with Crippen LogP contribution in [0, 0.1) is 5.92 Å². The topological polar surface area (TPSA) is 18.5 Å². The first kappa shape index (κ1) is 19.2. The van der Waals surface area contributed by atoms with Gasteiger partial charge in [-0.3, -0.25) is 0 Å². The zero-order valence-electron chi connectivity index (χ0n) is 16.3. The zero-order chi connectivity index (χ0) is 18.4. The smallest absolute Gasteiger partial charge is 0.137 e. The molecule has 1 aromatic rings. The van der Waals surface area contributed by atoms with Gasteiger partial charge in [-0.2, -0.15) is 0 Å². The van der Waals surface area contributed by atoms with Crippen molar-refractivity contribution in [3.63, 3.8) is 0 Å². The Kier molecular flexibility index (Phi) is 5.53. The average molecular weight is 423 g/mol. The summed E-state index contributed by atoms with van der Waals surface area (Å²) < 4.78 is 13.9. The minimum atomic E-state index is -0.753. The predicted molar refractivity (Wildman–Crippen MR) is 111 cm³/mol. The highest BCUT2D eigenvalue weighted by atomic mass is 79.9. The minimum absolute atomic E-state index is 0.235. The largest absolute Gasteiger partial charge is 0.488 e. The lowest BCUT2D eigenvalue weighted by molar-refractivity contribution is 0.0197. The van der Waals surface area contributed by atoms with Crippen molar-refractivity contribution in [3.8, 4) is 5.75 Å². The summed E-state index contributed by atoms with van der Waals surface area (Å²) in [5, 5.41) is 0.328. The molecule has 0 bridgehead atoms. The van der Waals surface area contributed by atoms with E-state index in [9.17, 15) is 0 Å².